The van der Waals surface area contributed by atoms with E-state index in [1.807, 2.05) is 0 Å². The van der Waals surface area contributed by atoms with E-state index in [9.17, 15) is 0 Å². The van der Waals surface area contributed by atoms with Crippen molar-refractivity contribution in [3.63, 3.8) is 0 Å². The lowest BCUT2D eigenvalue weighted by atomic mass is 10.0. The molecule has 4 N–H and O–H groups in total. The molecule has 0 bridgehead atoms. The molecule has 0 radical (unpaired) electrons. The molecule has 0 aromatic carbocycles. The maximum atomic E-state index is 6.16. The van der Waals surface area contributed by atoms with Crippen LogP contribution in [0, 0.1) is 0 Å². The van der Waals surface area contributed by atoms with Gasteiger partial charge in [0.25, 0.3) is 0 Å². The molecule has 0 amide bonds. The summed E-state index contributed by atoms with van der Waals surface area (Å²) < 4.78 is 0. The standard InChI is InChI=1S/C21H45ClN2/c1-20(22)16-15-18-21(24)17-13-11-9-7-5-3-2-4-6-8-10-12-14-19-23/h20-21H,2-19,23-24H2,1H3. The molecule has 0 saturated carbocycles. The van der Waals surface area contributed by atoms with Crippen LogP contribution in [0.15, 0.2) is 0 Å². The second kappa shape index (κ2) is 19.5. The molecule has 0 heterocycles. The molecule has 0 fully saturated rings. The molecule has 2 atom stereocenters. The van der Waals surface area contributed by atoms with Crippen LogP contribution < -0.4 is 11.5 Å². The van der Waals surface area contributed by atoms with Crippen LogP contribution in [0.25, 0.3) is 0 Å². The second-order valence-corrected chi connectivity index (χ2v) is 8.39. The number of hydrogen-bond donors (Lipinski definition) is 2. The maximum Gasteiger partial charge on any atom is 0.0307 e. The lowest BCUT2D eigenvalue weighted by Crippen LogP contribution is -2.19. The van der Waals surface area contributed by atoms with Crippen LogP contribution in [-0.2, 0) is 0 Å². The first-order valence-electron chi connectivity index (χ1n) is 10.8. The van der Waals surface area contributed by atoms with Crippen molar-refractivity contribution in [2.45, 2.75) is 127 Å². The number of nitrogens with two attached hydrogens (primary N) is 2. The molecule has 0 aliphatic rings. The average molecular weight is 361 g/mol. The fraction of sp³-hybridized carbons (Fsp3) is 1.00. The molecule has 146 valence electrons. The predicted octanol–water partition coefficient (Wildman–Crippen LogP) is 6.53. The normalized spacial score (nSPS) is 14.0. The van der Waals surface area contributed by atoms with Gasteiger partial charge in [-0.25, -0.2) is 0 Å². The van der Waals surface area contributed by atoms with Crippen molar-refractivity contribution >= 4 is 11.6 Å². The molecule has 0 aliphatic carbocycles. The van der Waals surface area contributed by atoms with Crippen molar-refractivity contribution in [1.82, 2.24) is 0 Å². The summed E-state index contributed by atoms with van der Waals surface area (Å²) in [6.07, 6.45) is 22.5. The first kappa shape index (κ1) is 24.2. The summed E-state index contributed by atoms with van der Waals surface area (Å²) in [6.45, 7) is 2.93. The third kappa shape index (κ3) is 20.3. The zero-order valence-corrected chi connectivity index (χ0v) is 17.2. The highest BCUT2D eigenvalue weighted by Gasteiger charge is 2.04. The zero-order valence-electron chi connectivity index (χ0n) is 16.4. The summed E-state index contributed by atoms with van der Waals surface area (Å²) in [6, 6.07) is 0.394. The van der Waals surface area contributed by atoms with Gasteiger partial charge in [-0.3, -0.25) is 0 Å². The second-order valence-electron chi connectivity index (χ2n) is 7.65. The van der Waals surface area contributed by atoms with Crippen molar-refractivity contribution < 1.29 is 0 Å². The average Bonchev–Trinajstić information content (AvgIpc) is 2.55. The fourth-order valence-corrected chi connectivity index (χ4v) is 3.46. The van der Waals surface area contributed by atoms with Gasteiger partial charge in [0, 0.05) is 11.4 Å². The Labute approximate surface area is 157 Å². The molecule has 2 nitrogen and oxygen atoms in total. The zero-order chi connectivity index (χ0) is 17.9. The summed E-state index contributed by atoms with van der Waals surface area (Å²) in [5.74, 6) is 0. The van der Waals surface area contributed by atoms with Crippen molar-refractivity contribution in [3.8, 4) is 0 Å². The SMILES string of the molecule is CC(Cl)CCCC(N)CCCCCCCCCCCCCCCN. The van der Waals surface area contributed by atoms with Gasteiger partial charge in [0.15, 0.2) is 0 Å². The van der Waals surface area contributed by atoms with Crippen LogP contribution in [-0.4, -0.2) is 18.0 Å². The molecular weight excluding hydrogens is 316 g/mol. The van der Waals surface area contributed by atoms with E-state index >= 15 is 0 Å². The van der Waals surface area contributed by atoms with Crippen LogP contribution in [0.2, 0.25) is 0 Å². The first-order valence-corrected chi connectivity index (χ1v) is 11.2. The van der Waals surface area contributed by atoms with Crippen LogP contribution in [0.4, 0.5) is 0 Å². The summed E-state index contributed by atoms with van der Waals surface area (Å²) in [5.41, 5.74) is 11.7. The molecule has 0 rings (SSSR count). The van der Waals surface area contributed by atoms with E-state index in [2.05, 4.69) is 6.92 Å². The Balaban J connectivity index is 3.09. The van der Waals surface area contributed by atoms with E-state index < -0.39 is 0 Å². The van der Waals surface area contributed by atoms with Gasteiger partial charge < -0.3 is 11.5 Å². The Hall–Kier alpha value is 0.210. The topological polar surface area (TPSA) is 52.0 Å². The quantitative estimate of drug-likeness (QED) is 0.203. The highest BCUT2D eigenvalue weighted by molar-refractivity contribution is 6.20. The maximum absolute atomic E-state index is 6.16. The number of alkyl halides is 1. The number of hydrogen-bond acceptors (Lipinski definition) is 2. The van der Waals surface area contributed by atoms with Gasteiger partial charge in [-0.2, -0.15) is 0 Å². The molecule has 2 unspecified atom stereocenters. The van der Waals surface area contributed by atoms with E-state index in [4.69, 9.17) is 23.1 Å². The summed E-state index contributed by atoms with van der Waals surface area (Å²) >= 11 is 5.96. The minimum absolute atomic E-state index is 0.299. The van der Waals surface area contributed by atoms with E-state index in [1.165, 1.54) is 96.3 Å². The van der Waals surface area contributed by atoms with E-state index in [1.54, 1.807) is 0 Å². The van der Waals surface area contributed by atoms with Crippen molar-refractivity contribution in [2.75, 3.05) is 6.54 Å². The van der Waals surface area contributed by atoms with Crippen LogP contribution in [0.3, 0.4) is 0 Å². The molecule has 0 aliphatic heterocycles. The Morgan fingerprint density at radius 1 is 0.583 bits per heavy atom. The third-order valence-electron chi connectivity index (χ3n) is 4.96. The Morgan fingerprint density at radius 3 is 1.38 bits per heavy atom. The molecule has 0 aromatic heterocycles. The fourth-order valence-electron chi connectivity index (χ4n) is 3.30. The van der Waals surface area contributed by atoms with Crippen molar-refractivity contribution in [3.05, 3.63) is 0 Å². The van der Waals surface area contributed by atoms with E-state index in [-0.39, 0.29) is 0 Å². The third-order valence-corrected chi connectivity index (χ3v) is 5.17. The Morgan fingerprint density at radius 2 is 0.958 bits per heavy atom. The summed E-state index contributed by atoms with van der Waals surface area (Å²) in [4.78, 5) is 0. The molecule has 3 heteroatoms. The van der Waals surface area contributed by atoms with Gasteiger partial charge in [0.1, 0.15) is 0 Å². The lowest BCUT2D eigenvalue weighted by molar-refractivity contribution is 0.488. The number of halogens is 1. The molecule has 24 heavy (non-hydrogen) atoms. The summed E-state index contributed by atoms with van der Waals surface area (Å²) in [5, 5.41) is 0.299. The Kier molecular flexibility index (Phi) is 19.7. The lowest BCUT2D eigenvalue weighted by Gasteiger charge is -2.11. The first-order chi connectivity index (χ1) is 11.7. The van der Waals surface area contributed by atoms with Gasteiger partial charge >= 0.3 is 0 Å². The highest BCUT2D eigenvalue weighted by Crippen LogP contribution is 2.14. The molecular formula is C21H45ClN2. The Bertz CT molecular complexity index is 234. The largest absolute Gasteiger partial charge is 0.330 e. The van der Waals surface area contributed by atoms with Gasteiger partial charge in [0.05, 0.1) is 0 Å². The molecule has 0 saturated heterocycles. The smallest absolute Gasteiger partial charge is 0.0307 e. The minimum Gasteiger partial charge on any atom is -0.330 e. The molecule has 0 spiro atoms. The molecule has 0 aromatic rings. The number of unbranched alkanes of at least 4 members (excludes halogenated alkanes) is 12. The minimum atomic E-state index is 0.299. The van der Waals surface area contributed by atoms with Gasteiger partial charge in [0.2, 0.25) is 0 Å². The predicted molar refractivity (Wildman–Crippen MR) is 111 cm³/mol. The van der Waals surface area contributed by atoms with E-state index in [0.29, 0.717) is 11.4 Å². The van der Waals surface area contributed by atoms with E-state index in [0.717, 1.165) is 19.4 Å². The van der Waals surface area contributed by atoms with Gasteiger partial charge in [-0.1, -0.05) is 83.5 Å². The van der Waals surface area contributed by atoms with Crippen LogP contribution in [0.1, 0.15) is 116 Å². The number of rotatable bonds is 19. The van der Waals surface area contributed by atoms with Crippen LogP contribution >= 0.6 is 11.6 Å². The summed E-state index contributed by atoms with van der Waals surface area (Å²) in [7, 11) is 0. The van der Waals surface area contributed by atoms with Crippen molar-refractivity contribution in [2.24, 2.45) is 11.5 Å². The monoisotopic (exact) mass is 360 g/mol. The van der Waals surface area contributed by atoms with Crippen molar-refractivity contribution in [1.29, 1.82) is 0 Å². The van der Waals surface area contributed by atoms with Crippen LogP contribution in [0.5, 0.6) is 0 Å². The highest BCUT2D eigenvalue weighted by atomic mass is 35.5. The van der Waals surface area contributed by atoms with Gasteiger partial charge in [-0.05, 0) is 39.2 Å². The van der Waals surface area contributed by atoms with Gasteiger partial charge in [-0.15, -0.1) is 11.6 Å².